The Morgan fingerprint density at radius 1 is 1.15 bits per heavy atom. The second kappa shape index (κ2) is 6.92. The summed E-state index contributed by atoms with van der Waals surface area (Å²) < 4.78 is 0. The first-order chi connectivity index (χ1) is 12.0. The molecule has 2 heterocycles. The van der Waals surface area contributed by atoms with Crippen LogP contribution in [0.25, 0.3) is 11.0 Å². The molecule has 3 aromatic rings. The first kappa shape index (κ1) is 18.1. The summed E-state index contributed by atoms with van der Waals surface area (Å²) in [5.74, 6) is 1.07. The predicted molar refractivity (Wildman–Crippen MR) is 106 cm³/mol. The van der Waals surface area contributed by atoms with E-state index in [9.17, 15) is 4.79 Å². The van der Waals surface area contributed by atoms with E-state index in [2.05, 4.69) is 40.6 Å². The van der Waals surface area contributed by atoms with Crippen molar-refractivity contribution in [2.75, 3.05) is 0 Å². The van der Waals surface area contributed by atoms with Crippen molar-refractivity contribution in [3.63, 3.8) is 0 Å². The Morgan fingerprint density at radius 3 is 2.65 bits per heavy atom. The molecule has 0 bridgehead atoms. The van der Waals surface area contributed by atoms with Crippen LogP contribution in [0.1, 0.15) is 43.1 Å². The number of carbonyl (C=O) groups is 1. The molecular weight excluding hydrogens is 348 g/mol. The minimum atomic E-state index is -0.396. The summed E-state index contributed by atoms with van der Waals surface area (Å²) in [6.45, 7) is 4.17. The third-order valence-corrected chi connectivity index (χ3v) is 4.94. The maximum absolute atomic E-state index is 11.7. The summed E-state index contributed by atoms with van der Waals surface area (Å²) in [7, 11) is 0. The lowest BCUT2D eigenvalue weighted by Gasteiger charge is -2.27. The standard InChI is InChI=1S/C20H20N4O.ClH/c1-13(14-6-4-3-5-7-14)19-22-16-9-8-15(10-17(16)23-19)20(2)11-18(25)24-21-12-20;/h3-10,12-13H,11H2,1-2H3,(H,22,23)(H,24,25);1H. The van der Waals surface area contributed by atoms with E-state index in [1.807, 2.05) is 37.3 Å². The molecule has 2 N–H and O–H groups in total. The Balaban J connectivity index is 0.00000196. The Morgan fingerprint density at radius 2 is 1.92 bits per heavy atom. The Hall–Kier alpha value is -2.66. The molecule has 5 nitrogen and oxygen atoms in total. The van der Waals surface area contributed by atoms with Crippen LogP contribution in [0.2, 0.25) is 0 Å². The lowest BCUT2D eigenvalue weighted by atomic mass is 9.79. The highest BCUT2D eigenvalue weighted by Gasteiger charge is 2.31. The summed E-state index contributed by atoms with van der Waals surface area (Å²) in [6, 6.07) is 16.4. The maximum Gasteiger partial charge on any atom is 0.241 e. The molecule has 26 heavy (non-hydrogen) atoms. The molecule has 4 rings (SSSR count). The first-order valence-corrected chi connectivity index (χ1v) is 8.43. The van der Waals surface area contributed by atoms with Crippen molar-refractivity contribution in [1.29, 1.82) is 0 Å². The number of amides is 1. The van der Waals surface area contributed by atoms with Crippen molar-refractivity contribution in [2.24, 2.45) is 5.10 Å². The number of rotatable bonds is 3. The molecule has 0 spiro atoms. The largest absolute Gasteiger partial charge is 0.341 e. The quantitative estimate of drug-likeness (QED) is 0.736. The Bertz CT molecular complexity index is 966. The van der Waals surface area contributed by atoms with E-state index in [4.69, 9.17) is 4.98 Å². The minimum Gasteiger partial charge on any atom is -0.341 e. The van der Waals surface area contributed by atoms with Crippen LogP contribution >= 0.6 is 12.4 Å². The second-order valence-corrected chi connectivity index (χ2v) is 6.87. The van der Waals surface area contributed by atoms with E-state index in [1.165, 1.54) is 5.56 Å². The van der Waals surface area contributed by atoms with Crippen LogP contribution in [0.5, 0.6) is 0 Å². The zero-order valence-electron chi connectivity index (χ0n) is 14.7. The smallest absolute Gasteiger partial charge is 0.241 e. The van der Waals surface area contributed by atoms with Crippen LogP contribution < -0.4 is 5.43 Å². The summed E-state index contributed by atoms with van der Waals surface area (Å²) in [6.07, 6.45) is 2.20. The summed E-state index contributed by atoms with van der Waals surface area (Å²) in [4.78, 5) is 19.9. The molecule has 0 fully saturated rings. The van der Waals surface area contributed by atoms with Crippen molar-refractivity contribution < 1.29 is 4.79 Å². The summed E-state index contributed by atoms with van der Waals surface area (Å²) in [5, 5.41) is 3.99. The molecule has 0 aliphatic carbocycles. The van der Waals surface area contributed by atoms with Crippen molar-refractivity contribution in [2.45, 2.75) is 31.6 Å². The third-order valence-electron chi connectivity index (χ3n) is 4.94. The highest BCUT2D eigenvalue weighted by Crippen LogP contribution is 2.31. The van der Waals surface area contributed by atoms with Gasteiger partial charge in [-0.15, -0.1) is 12.4 Å². The van der Waals surface area contributed by atoms with E-state index in [0.29, 0.717) is 6.42 Å². The predicted octanol–water partition coefficient (Wildman–Crippen LogP) is 3.90. The topological polar surface area (TPSA) is 70.1 Å². The molecule has 6 heteroatoms. The highest BCUT2D eigenvalue weighted by molar-refractivity contribution is 5.90. The highest BCUT2D eigenvalue weighted by atomic mass is 35.5. The van der Waals surface area contributed by atoms with Crippen molar-refractivity contribution in [1.82, 2.24) is 15.4 Å². The Labute approximate surface area is 158 Å². The number of hydrazone groups is 1. The number of nitrogens with one attached hydrogen (secondary N) is 2. The molecule has 1 aromatic heterocycles. The van der Waals surface area contributed by atoms with Gasteiger partial charge in [0.1, 0.15) is 5.82 Å². The number of fused-ring (bicyclic) bond motifs is 1. The molecule has 1 aliphatic rings. The molecule has 0 saturated carbocycles. The molecule has 2 atom stereocenters. The third kappa shape index (κ3) is 3.22. The van der Waals surface area contributed by atoms with Gasteiger partial charge >= 0.3 is 0 Å². The molecule has 0 saturated heterocycles. The van der Waals surface area contributed by atoms with E-state index in [0.717, 1.165) is 22.4 Å². The van der Waals surface area contributed by atoms with Crippen molar-refractivity contribution >= 4 is 35.6 Å². The molecule has 1 aliphatic heterocycles. The SMILES string of the molecule is CC(c1ccccc1)c1nc2ccc(C3(C)C=NNC(=O)C3)cc2[nH]1.Cl. The number of hydrogen-bond donors (Lipinski definition) is 2. The van der Waals surface area contributed by atoms with Crippen LogP contribution in [0, 0.1) is 0 Å². The van der Waals surface area contributed by atoms with Gasteiger partial charge in [-0.25, -0.2) is 10.4 Å². The number of halogens is 1. The van der Waals surface area contributed by atoms with Gasteiger partial charge in [-0.3, -0.25) is 4.79 Å². The van der Waals surface area contributed by atoms with Gasteiger partial charge in [0.2, 0.25) is 5.91 Å². The number of benzene rings is 2. The van der Waals surface area contributed by atoms with Crippen LogP contribution in [-0.2, 0) is 10.2 Å². The van der Waals surface area contributed by atoms with Gasteiger partial charge in [-0.05, 0) is 30.2 Å². The van der Waals surface area contributed by atoms with Gasteiger partial charge in [0, 0.05) is 24.0 Å². The van der Waals surface area contributed by atoms with Gasteiger partial charge in [0.15, 0.2) is 0 Å². The van der Waals surface area contributed by atoms with Gasteiger partial charge < -0.3 is 4.98 Å². The van der Waals surface area contributed by atoms with Crippen LogP contribution in [0.3, 0.4) is 0 Å². The van der Waals surface area contributed by atoms with E-state index >= 15 is 0 Å². The lowest BCUT2D eigenvalue weighted by molar-refractivity contribution is -0.122. The molecule has 0 radical (unpaired) electrons. The second-order valence-electron chi connectivity index (χ2n) is 6.87. The van der Waals surface area contributed by atoms with Crippen molar-refractivity contribution in [3.8, 4) is 0 Å². The van der Waals surface area contributed by atoms with Crippen LogP contribution in [0.4, 0.5) is 0 Å². The Kier molecular flexibility index (Phi) is 4.83. The van der Waals surface area contributed by atoms with Crippen LogP contribution in [-0.4, -0.2) is 22.1 Å². The molecule has 2 aromatic carbocycles. The average molecular weight is 369 g/mol. The normalized spacial score (nSPS) is 20.5. The van der Waals surface area contributed by atoms with Gasteiger partial charge in [-0.2, -0.15) is 5.10 Å². The van der Waals surface area contributed by atoms with Gasteiger partial charge in [-0.1, -0.05) is 43.3 Å². The maximum atomic E-state index is 11.7. The van der Waals surface area contributed by atoms with Gasteiger partial charge in [0.05, 0.1) is 11.0 Å². The fourth-order valence-electron chi connectivity index (χ4n) is 3.33. The van der Waals surface area contributed by atoms with E-state index < -0.39 is 5.41 Å². The molecule has 2 unspecified atom stereocenters. The zero-order valence-corrected chi connectivity index (χ0v) is 15.5. The zero-order chi connectivity index (χ0) is 17.4. The van der Waals surface area contributed by atoms with E-state index in [1.54, 1.807) is 6.21 Å². The number of aromatic amines is 1. The monoisotopic (exact) mass is 368 g/mol. The van der Waals surface area contributed by atoms with E-state index in [-0.39, 0.29) is 24.2 Å². The van der Waals surface area contributed by atoms with Crippen LogP contribution in [0.15, 0.2) is 53.6 Å². The lowest BCUT2D eigenvalue weighted by Crippen LogP contribution is -2.37. The summed E-state index contributed by atoms with van der Waals surface area (Å²) in [5.41, 5.74) is 6.29. The minimum absolute atomic E-state index is 0. The molecular formula is C20H21ClN4O. The fraction of sp³-hybridized carbons (Fsp3) is 0.250. The number of aromatic nitrogens is 2. The van der Waals surface area contributed by atoms with Crippen molar-refractivity contribution in [3.05, 3.63) is 65.5 Å². The number of nitrogens with zero attached hydrogens (tertiary/aromatic N) is 2. The number of H-pyrrole nitrogens is 1. The average Bonchev–Trinajstić information content (AvgIpc) is 3.05. The number of carbonyl (C=O) groups excluding carboxylic acids is 1. The summed E-state index contributed by atoms with van der Waals surface area (Å²) >= 11 is 0. The molecule has 134 valence electrons. The van der Waals surface area contributed by atoms with Gasteiger partial charge in [0.25, 0.3) is 0 Å². The fourth-order valence-corrected chi connectivity index (χ4v) is 3.33. The number of imidazole rings is 1. The first-order valence-electron chi connectivity index (χ1n) is 8.43. The number of hydrogen-bond acceptors (Lipinski definition) is 3. The molecule has 1 amide bonds.